The van der Waals surface area contributed by atoms with Gasteiger partial charge in [-0.2, -0.15) is 0 Å². The quantitative estimate of drug-likeness (QED) is 0.720. The van der Waals surface area contributed by atoms with Gasteiger partial charge in [0.2, 0.25) is 5.91 Å². The van der Waals surface area contributed by atoms with Crippen molar-refractivity contribution in [2.75, 3.05) is 31.0 Å². The number of nitrogens with one attached hydrogen (secondary N) is 1. The summed E-state index contributed by atoms with van der Waals surface area (Å²) in [5.41, 5.74) is 0.815. The zero-order valence-electron chi connectivity index (χ0n) is 16.6. The van der Waals surface area contributed by atoms with Crippen molar-refractivity contribution in [3.05, 3.63) is 29.3 Å². The number of anilines is 1. The van der Waals surface area contributed by atoms with Crippen molar-refractivity contribution in [1.29, 1.82) is 0 Å². The number of hydrogen-bond donors (Lipinski definition) is 1. The van der Waals surface area contributed by atoms with Gasteiger partial charge in [0.05, 0.1) is 29.4 Å². The van der Waals surface area contributed by atoms with Crippen molar-refractivity contribution in [2.24, 2.45) is 17.8 Å². The van der Waals surface area contributed by atoms with Crippen LogP contribution >= 0.6 is 23.5 Å². The Morgan fingerprint density at radius 1 is 0.931 bits per heavy atom. The van der Waals surface area contributed by atoms with E-state index < -0.39 is 11.9 Å². The molecule has 29 heavy (non-hydrogen) atoms. The molecule has 8 heteroatoms. The van der Waals surface area contributed by atoms with Gasteiger partial charge < -0.3 is 14.8 Å². The van der Waals surface area contributed by atoms with Crippen molar-refractivity contribution in [1.82, 2.24) is 0 Å². The summed E-state index contributed by atoms with van der Waals surface area (Å²) in [6, 6.07) is 4.49. The van der Waals surface area contributed by atoms with Crippen LogP contribution in [0.4, 0.5) is 5.69 Å². The molecule has 4 rings (SSSR count). The highest BCUT2D eigenvalue weighted by Crippen LogP contribution is 2.65. The number of methoxy groups -OCH3 is 2. The minimum Gasteiger partial charge on any atom is -0.465 e. The molecule has 1 saturated heterocycles. The topological polar surface area (TPSA) is 81.7 Å². The third-order valence-corrected chi connectivity index (χ3v) is 10.3. The van der Waals surface area contributed by atoms with Crippen LogP contribution in [0.2, 0.25) is 0 Å². The van der Waals surface area contributed by atoms with Gasteiger partial charge in [-0.15, -0.1) is 23.5 Å². The fraction of sp³-hybridized carbons (Fsp3) is 0.571. The van der Waals surface area contributed by atoms with Crippen LogP contribution < -0.4 is 5.32 Å². The molecule has 0 aromatic heterocycles. The van der Waals surface area contributed by atoms with Crippen LogP contribution in [0.5, 0.6) is 0 Å². The van der Waals surface area contributed by atoms with E-state index in [0.717, 1.165) is 12.8 Å². The second-order valence-corrected chi connectivity index (χ2v) is 10.8. The highest BCUT2D eigenvalue weighted by atomic mass is 32.2. The molecule has 156 valence electrons. The number of ether oxygens (including phenoxy) is 2. The molecular formula is C21H25NO5S2. The summed E-state index contributed by atoms with van der Waals surface area (Å²) in [5, 5.41) is 2.93. The molecule has 2 bridgehead atoms. The first-order chi connectivity index (χ1) is 14.0. The predicted molar refractivity (Wildman–Crippen MR) is 114 cm³/mol. The fourth-order valence-electron chi connectivity index (χ4n) is 5.03. The molecule has 1 N–H and O–H groups in total. The number of benzene rings is 1. The van der Waals surface area contributed by atoms with Gasteiger partial charge >= 0.3 is 11.9 Å². The van der Waals surface area contributed by atoms with E-state index in [4.69, 9.17) is 9.47 Å². The van der Waals surface area contributed by atoms with Gasteiger partial charge in [0.25, 0.3) is 0 Å². The number of hydrogen-bond acceptors (Lipinski definition) is 7. The molecule has 2 aliphatic carbocycles. The van der Waals surface area contributed by atoms with Crippen molar-refractivity contribution in [3.63, 3.8) is 0 Å². The molecule has 1 heterocycles. The summed E-state index contributed by atoms with van der Waals surface area (Å²) in [5.74, 6) is 2.38. The van der Waals surface area contributed by atoms with Crippen LogP contribution in [0.15, 0.2) is 18.2 Å². The van der Waals surface area contributed by atoms with Gasteiger partial charge in [-0.25, -0.2) is 9.59 Å². The Morgan fingerprint density at radius 3 is 1.93 bits per heavy atom. The van der Waals surface area contributed by atoms with Gasteiger partial charge in [-0.05, 0) is 55.7 Å². The minimum absolute atomic E-state index is 0.0386. The summed E-state index contributed by atoms with van der Waals surface area (Å²) in [6.45, 7) is 0. The van der Waals surface area contributed by atoms with Gasteiger partial charge in [0, 0.05) is 23.1 Å². The first-order valence-corrected chi connectivity index (χ1v) is 11.8. The lowest BCUT2D eigenvalue weighted by Crippen LogP contribution is -2.41. The molecule has 1 aromatic rings. The molecule has 1 aliphatic heterocycles. The molecule has 6 nitrogen and oxygen atoms in total. The smallest absolute Gasteiger partial charge is 0.337 e. The van der Waals surface area contributed by atoms with Crippen molar-refractivity contribution < 1.29 is 23.9 Å². The van der Waals surface area contributed by atoms with Gasteiger partial charge in [0.15, 0.2) is 0 Å². The van der Waals surface area contributed by atoms with Crippen LogP contribution in [0.1, 0.15) is 46.4 Å². The Kier molecular flexibility index (Phi) is 5.84. The second-order valence-electron chi connectivity index (χ2n) is 7.83. The lowest BCUT2D eigenvalue weighted by molar-refractivity contribution is -0.121. The summed E-state index contributed by atoms with van der Waals surface area (Å²) >= 11 is 4.21. The number of carbonyl (C=O) groups excluding carboxylic acids is 3. The molecule has 1 spiro atoms. The fourth-order valence-corrected chi connectivity index (χ4v) is 8.97. The molecule has 2 saturated carbocycles. The monoisotopic (exact) mass is 435 g/mol. The standard InChI is InChI=1S/C21H25NO5S2/c1-26-19(24)13-7-14(20(25)27-2)11-17(10-13)22-18(23)12-8-15-3-4-16(9-12)21(15)28-5-6-29-21/h7,10-12,15-16H,3-6,8-9H2,1-2H3,(H,22,23)/t12?,15-,16+. The minimum atomic E-state index is -0.570. The first-order valence-electron chi connectivity index (χ1n) is 9.87. The molecule has 3 aliphatic rings. The highest BCUT2D eigenvalue weighted by molar-refractivity contribution is 8.21. The average Bonchev–Trinajstić information content (AvgIpc) is 3.27. The van der Waals surface area contributed by atoms with E-state index in [2.05, 4.69) is 28.8 Å². The predicted octanol–water partition coefficient (Wildman–Crippen LogP) is 3.81. The Bertz CT molecular complexity index is 786. The Balaban J connectivity index is 1.51. The molecule has 1 aromatic carbocycles. The Hall–Kier alpha value is -1.67. The number of rotatable bonds is 4. The average molecular weight is 436 g/mol. The van der Waals surface area contributed by atoms with Gasteiger partial charge in [-0.1, -0.05) is 0 Å². The zero-order chi connectivity index (χ0) is 20.6. The third-order valence-electron chi connectivity index (χ3n) is 6.29. The Labute approximate surface area is 178 Å². The number of amides is 1. The van der Waals surface area contributed by atoms with E-state index in [0.29, 0.717) is 21.6 Å². The van der Waals surface area contributed by atoms with Gasteiger partial charge in [0.1, 0.15) is 0 Å². The van der Waals surface area contributed by atoms with Crippen LogP contribution in [0, 0.1) is 17.8 Å². The van der Waals surface area contributed by atoms with E-state index in [9.17, 15) is 14.4 Å². The zero-order valence-corrected chi connectivity index (χ0v) is 18.2. The van der Waals surface area contributed by atoms with Crippen LogP contribution in [-0.4, -0.2) is 47.7 Å². The Morgan fingerprint density at radius 2 is 1.45 bits per heavy atom. The van der Waals surface area contributed by atoms with Crippen LogP contribution in [0.3, 0.4) is 0 Å². The maximum Gasteiger partial charge on any atom is 0.337 e. The largest absolute Gasteiger partial charge is 0.465 e. The number of carbonyl (C=O) groups is 3. The van der Waals surface area contributed by atoms with E-state index in [1.807, 2.05) is 0 Å². The van der Waals surface area contributed by atoms with E-state index in [-0.39, 0.29) is 23.0 Å². The van der Waals surface area contributed by atoms with E-state index in [1.165, 1.54) is 56.8 Å². The van der Waals surface area contributed by atoms with Gasteiger partial charge in [-0.3, -0.25) is 4.79 Å². The second kappa shape index (κ2) is 8.22. The summed E-state index contributed by atoms with van der Waals surface area (Å²) in [7, 11) is 2.55. The molecule has 3 fully saturated rings. The molecule has 3 atom stereocenters. The molecular weight excluding hydrogens is 410 g/mol. The summed E-state index contributed by atoms with van der Waals surface area (Å²) in [6.07, 6.45) is 4.23. The summed E-state index contributed by atoms with van der Waals surface area (Å²) < 4.78 is 9.86. The number of esters is 2. The highest BCUT2D eigenvalue weighted by Gasteiger charge is 2.57. The summed E-state index contributed by atoms with van der Waals surface area (Å²) in [4.78, 5) is 37.0. The molecule has 1 unspecified atom stereocenters. The maximum atomic E-state index is 13.0. The van der Waals surface area contributed by atoms with Crippen molar-refractivity contribution in [2.45, 2.75) is 29.8 Å². The molecule has 0 radical (unpaired) electrons. The lowest BCUT2D eigenvalue weighted by atomic mass is 9.79. The van der Waals surface area contributed by atoms with Crippen molar-refractivity contribution >= 4 is 47.1 Å². The maximum absolute atomic E-state index is 13.0. The van der Waals surface area contributed by atoms with Crippen molar-refractivity contribution in [3.8, 4) is 0 Å². The number of thioether (sulfide) groups is 2. The normalized spacial score (nSPS) is 26.9. The molecule has 1 amide bonds. The lowest BCUT2D eigenvalue weighted by Gasteiger charge is -2.42. The van der Waals surface area contributed by atoms with E-state index >= 15 is 0 Å². The van der Waals surface area contributed by atoms with Crippen LogP contribution in [-0.2, 0) is 14.3 Å². The first kappa shape index (κ1) is 20.6. The van der Waals surface area contributed by atoms with E-state index in [1.54, 1.807) is 0 Å². The third kappa shape index (κ3) is 3.77. The van der Waals surface area contributed by atoms with Crippen LogP contribution in [0.25, 0.3) is 0 Å². The SMILES string of the molecule is COC(=O)c1cc(NC(=O)C2C[C@H]3CC[C@@H](C2)C32SCCS2)cc(C(=O)OC)c1.